The molecule has 3 nitrogen and oxygen atoms in total. The van der Waals surface area contributed by atoms with Gasteiger partial charge in [0.1, 0.15) is 0 Å². The van der Waals surface area contributed by atoms with Gasteiger partial charge in [0.25, 0.3) is 5.91 Å². The Labute approximate surface area is 158 Å². The number of carbonyl (C=O) groups is 1. The summed E-state index contributed by atoms with van der Waals surface area (Å²) in [5.74, 6) is -0.419. The number of pyridine rings is 1. The average Bonchev–Trinajstić information content (AvgIpc) is 2.62. The van der Waals surface area contributed by atoms with E-state index in [4.69, 9.17) is 11.6 Å². The molecule has 1 aromatic heterocycles. The Morgan fingerprint density at radius 1 is 1.07 bits per heavy atom. The van der Waals surface area contributed by atoms with Crippen molar-refractivity contribution in [3.63, 3.8) is 0 Å². The summed E-state index contributed by atoms with van der Waals surface area (Å²) in [4.78, 5) is 16.5. The van der Waals surface area contributed by atoms with Gasteiger partial charge in [0.2, 0.25) is 0 Å². The highest BCUT2D eigenvalue weighted by atomic mass is 35.5. The fourth-order valence-corrected chi connectivity index (χ4v) is 2.87. The number of rotatable bonds is 3. The number of hydrogen-bond donors (Lipinski definition) is 1. The Kier molecular flexibility index (Phi) is 5.19. The molecule has 27 heavy (non-hydrogen) atoms. The minimum Gasteiger partial charge on any atom is -0.321 e. The Morgan fingerprint density at radius 2 is 1.74 bits per heavy atom. The van der Waals surface area contributed by atoms with E-state index in [1.165, 1.54) is 0 Å². The van der Waals surface area contributed by atoms with Crippen molar-refractivity contribution in [2.75, 3.05) is 5.32 Å². The molecule has 0 radical (unpaired) electrons. The number of aromatic nitrogens is 1. The SMILES string of the molecule is Cc1cc(C(F)(F)F)cnc1-c1ccccc1NC(=O)c1ccccc1Cl. The molecule has 1 heterocycles. The topological polar surface area (TPSA) is 42.0 Å². The summed E-state index contributed by atoms with van der Waals surface area (Å²) in [5, 5.41) is 3.05. The molecule has 1 N–H and O–H groups in total. The first-order valence-corrected chi connectivity index (χ1v) is 8.34. The quantitative estimate of drug-likeness (QED) is 0.597. The molecule has 0 unspecified atom stereocenters. The summed E-state index contributed by atoms with van der Waals surface area (Å²) < 4.78 is 38.6. The number of aryl methyl sites for hydroxylation is 1. The zero-order valence-electron chi connectivity index (χ0n) is 14.1. The van der Waals surface area contributed by atoms with Crippen molar-refractivity contribution in [2.45, 2.75) is 13.1 Å². The van der Waals surface area contributed by atoms with Gasteiger partial charge in [0.15, 0.2) is 0 Å². The summed E-state index contributed by atoms with van der Waals surface area (Å²) in [6, 6.07) is 14.4. The summed E-state index contributed by atoms with van der Waals surface area (Å²) >= 11 is 6.05. The average molecular weight is 391 g/mol. The van der Waals surface area contributed by atoms with Crippen LogP contribution in [0.5, 0.6) is 0 Å². The normalized spacial score (nSPS) is 11.3. The standard InChI is InChI=1S/C20H14ClF3N2O/c1-12-10-13(20(22,23)24)11-25-18(12)15-7-3-5-9-17(15)26-19(27)14-6-2-4-8-16(14)21/h2-11H,1H3,(H,26,27). The second-order valence-corrected chi connectivity index (χ2v) is 6.27. The van der Waals surface area contributed by atoms with Crippen LogP contribution in [-0.4, -0.2) is 10.9 Å². The van der Waals surface area contributed by atoms with Crippen molar-refractivity contribution in [1.29, 1.82) is 0 Å². The van der Waals surface area contributed by atoms with Gasteiger partial charge in [-0.1, -0.05) is 41.9 Å². The third-order valence-corrected chi connectivity index (χ3v) is 4.28. The summed E-state index contributed by atoms with van der Waals surface area (Å²) in [6.07, 6.45) is -3.68. The van der Waals surface area contributed by atoms with Crippen LogP contribution in [0, 0.1) is 6.92 Å². The zero-order chi connectivity index (χ0) is 19.6. The lowest BCUT2D eigenvalue weighted by Crippen LogP contribution is -2.13. The molecule has 3 aromatic rings. The second kappa shape index (κ2) is 7.40. The third kappa shape index (κ3) is 4.11. The molecule has 7 heteroatoms. The Morgan fingerprint density at radius 3 is 2.41 bits per heavy atom. The predicted molar refractivity (Wildman–Crippen MR) is 98.8 cm³/mol. The van der Waals surface area contributed by atoms with Crippen molar-refractivity contribution < 1.29 is 18.0 Å². The smallest absolute Gasteiger partial charge is 0.321 e. The molecule has 0 saturated carbocycles. The van der Waals surface area contributed by atoms with E-state index in [9.17, 15) is 18.0 Å². The maximum Gasteiger partial charge on any atom is 0.417 e. The first kappa shape index (κ1) is 18.9. The third-order valence-electron chi connectivity index (χ3n) is 3.95. The second-order valence-electron chi connectivity index (χ2n) is 5.87. The van der Waals surface area contributed by atoms with Gasteiger partial charge in [-0.2, -0.15) is 13.2 Å². The van der Waals surface area contributed by atoms with Gasteiger partial charge >= 0.3 is 6.18 Å². The first-order chi connectivity index (χ1) is 12.8. The minimum absolute atomic E-state index is 0.297. The Bertz CT molecular complexity index is 1000. The van der Waals surface area contributed by atoms with Crippen LogP contribution >= 0.6 is 11.6 Å². The number of carbonyl (C=O) groups excluding carboxylic acids is 1. The molecule has 0 atom stereocenters. The number of hydrogen-bond acceptors (Lipinski definition) is 2. The Hall–Kier alpha value is -2.86. The molecule has 0 fully saturated rings. The van der Waals surface area contributed by atoms with E-state index in [0.717, 1.165) is 12.3 Å². The highest BCUT2D eigenvalue weighted by Crippen LogP contribution is 2.34. The molecule has 2 aromatic carbocycles. The van der Waals surface area contributed by atoms with Gasteiger partial charge in [-0.15, -0.1) is 0 Å². The predicted octanol–water partition coefficient (Wildman–Crippen LogP) is 5.98. The van der Waals surface area contributed by atoms with E-state index in [1.54, 1.807) is 55.5 Å². The number of amides is 1. The molecule has 0 spiro atoms. The minimum atomic E-state index is -4.46. The highest BCUT2D eigenvalue weighted by molar-refractivity contribution is 6.34. The number of halogens is 4. The summed E-state index contributed by atoms with van der Waals surface area (Å²) in [5.41, 5.74) is 1.14. The molecule has 1 amide bonds. The first-order valence-electron chi connectivity index (χ1n) is 7.96. The molecular formula is C20H14ClF3N2O. The van der Waals surface area contributed by atoms with Crippen LogP contribution in [0.25, 0.3) is 11.3 Å². The highest BCUT2D eigenvalue weighted by Gasteiger charge is 2.31. The van der Waals surface area contributed by atoms with Crippen LogP contribution in [0.3, 0.4) is 0 Å². The van der Waals surface area contributed by atoms with Crippen LogP contribution in [0.15, 0.2) is 60.8 Å². The monoisotopic (exact) mass is 390 g/mol. The molecule has 138 valence electrons. The maximum absolute atomic E-state index is 12.9. The van der Waals surface area contributed by atoms with Gasteiger partial charge in [-0.25, -0.2) is 0 Å². The molecule has 0 aliphatic carbocycles. The van der Waals surface area contributed by atoms with Crippen LogP contribution in [0.2, 0.25) is 5.02 Å². The van der Waals surface area contributed by atoms with Crippen molar-refractivity contribution >= 4 is 23.2 Å². The lowest BCUT2D eigenvalue weighted by Gasteiger charge is -2.14. The van der Waals surface area contributed by atoms with E-state index < -0.39 is 17.6 Å². The van der Waals surface area contributed by atoms with E-state index in [2.05, 4.69) is 10.3 Å². The van der Waals surface area contributed by atoms with Crippen LogP contribution < -0.4 is 5.32 Å². The summed E-state index contributed by atoms with van der Waals surface area (Å²) in [6.45, 7) is 1.55. The largest absolute Gasteiger partial charge is 0.417 e. The van der Waals surface area contributed by atoms with Gasteiger partial charge in [0.05, 0.1) is 27.5 Å². The van der Waals surface area contributed by atoms with Crippen LogP contribution in [0.4, 0.5) is 18.9 Å². The van der Waals surface area contributed by atoms with Crippen molar-refractivity contribution in [2.24, 2.45) is 0 Å². The molecule has 0 saturated heterocycles. The number of nitrogens with zero attached hydrogens (tertiary/aromatic N) is 1. The molecule has 3 rings (SSSR count). The van der Waals surface area contributed by atoms with E-state index in [-0.39, 0.29) is 0 Å². The molecular weight excluding hydrogens is 377 g/mol. The molecule has 0 bridgehead atoms. The molecule has 0 aliphatic heterocycles. The number of alkyl halides is 3. The number of anilines is 1. The maximum atomic E-state index is 12.9. The van der Waals surface area contributed by atoms with Crippen molar-refractivity contribution in [3.8, 4) is 11.3 Å². The Balaban J connectivity index is 1.98. The van der Waals surface area contributed by atoms with E-state index >= 15 is 0 Å². The fraction of sp³-hybridized carbons (Fsp3) is 0.100. The lowest BCUT2D eigenvalue weighted by molar-refractivity contribution is -0.137. The van der Waals surface area contributed by atoms with Crippen molar-refractivity contribution in [3.05, 3.63) is 82.5 Å². The number of nitrogens with one attached hydrogen (secondary N) is 1. The number of para-hydroxylation sites is 1. The van der Waals surface area contributed by atoms with Gasteiger partial charge < -0.3 is 5.32 Å². The van der Waals surface area contributed by atoms with Crippen molar-refractivity contribution in [1.82, 2.24) is 4.98 Å². The molecule has 0 aliphatic rings. The van der Waals surface area contributed by atoms with Crippen LogP contribution in [0.1, 0.15) is 21.5 Å². The lowest BCUT2D eigenvalue weighted by atomic mass is 10.0. The van der Waals surface area contributed by atoms with E-state index in [0.29, 0.717) is 33.1 Å². The van der Waals surface area contributed by atoms with Crippen LogP contribution in [-0.2, 0) is 6.18 Å². The van der Waals surface area contributed by atoms with E-state index in [1.807, 2.05) is 0 Å². The number of benzene rings is 2. The van der Waals surface area contributed by atoms with Gasteiger partial charge in [-0.3, -0.25) is 9.78 Å². The fourth-order valence-electron chi connectivity index (χ4n) is 2.65. The van der Waals surface area contributed by atoms with Gasteiger partial charge in [0, 0.05) is 11.8 Å². The zero-order valence-corrected chi connectivity index (χ0v) is 14.9. The summed E-state index contributed by atoms with van der Waals surface area (Å²) in [7, 11) is 0. The van der Waals surface area contributed by atoms with Gasteiger partial charge in [-0.05, 0) is 36.8 Å².